The number of aliphatic imine (C=N–C) groups is 1. The van der Waals surface area contributed by atoms with Crippen LogP contribution in [0.25, 0.3) is 6.08 Å². The average Bonchev–Trinajstić information content (AvgIpc) is 2.99. The molecule has 0 aliphatic carbocycles. The van der Waals surface area contributed by atoms with Gasteiger partial charge in [-0.1, -0.05) is 6.07 Å². The number of amides is 1. The molecule has 1 aromatic rings. The summed E-state index contributed by atoms with van der Waals surface area (Å²) in [5, 5.41) is 11.7. The van der Waals surface area contributed by atoms with Crippen molar-refractivity contribution in [3.8, 4) is 0 Å². The van der Waals surface area contributed by atoms with Gasteiger partial charge in [0.1, 0.15) is 5.82 Å². The van der Waals surface area contributed by atoms with Crippen molar-refractivity contribution in [1.82, 2.24) is 10.4 Å². The normalized spacial score (nSPS) is 18.9. The van der Waals surface area contributed by atoms with E-state index in [1.54, 1.807) is 6.08 Å². The van der Waals surface area contributed by atoms with E-state index in [9.17, 15) is 19.1 Å². The smallest absolute Gasteiger partial charge is 0.312 e. The first-order chi connectivity index (χ1) is 12.5. The fourth-order valence-electron chi connectivity index (χ4n) is 2.85. The van der Waals surface area contributed by atoms with E-state index in [0.29, 0.717) is 15.6 Å². The third-order valence-electron chi connectivity index (χ3n) is 4.20. The molecular weight excluding hydrogens is 430 g/mol. The van der Waals surface area contributed by atoms with E-state index in [2.05, 4.69) is 10.4 Å². The lowest BCUT2D eigenvalue weighted by molar-refractivity contribution is -0.138. The molecule has 1 amide bonds. The zero-order valence-corrected chi connectivity index (χ0v) is 17.2. The molecule has 2 heterocycles. The summed E-state index contributed by atoms with van der Waals surface area (Å²) in [5.74, 6) is -3.14. The van der Waals surface area contributed by atoms with Crippen molar-refractivity contribution in [2.45, 2.75) is 18.8 Å². The van der Waals surface area contributed by atoms with Gasteiger partial charge in [0.25, 0.3) is 5.91 Å². The molecular formula is C17H21Cl2FN4O3S. The quantitative estimate of drug-likeness (QED) is 0.604. The number of carbonyl (C=O) groups excluding carboxylic acids is 1. The zero-order chi connectivity index (χ0) is 18.7. The maximum atomic E-state index is 13.6. The number of nitrogens with two attached hydrogens (primary N) is 1. The molecule has 154 valence electrons. The molecule has 0 bridgehead atoms. The number of nitrogens with one attached hydrogen (secondary N) is 1. The molecule has 1 unspecified atom stereocenters. The first-order valence-corrected chi connectivity index (χ1v) is 9.07. The first kappa shape index (κ1) is 24.4. The molecule has 0 radical (unpaired) electrons. The second kappa shape index (κ2) is 10.8. The van der Waals surface area contributed by atoms with Crippen molar-refractivity contribution in [3.05, 3.63) is 40.0 Å². The molecule has 28 heavy (non-hydrogen) atoms. The Bertz CT molecular complexity index is 801. The Balaban J connectivity index is 0.00000196. The lowest BCUT2D eigenvalue weighted by Gasteiger charge is -2.28. The third kappa shape index (κ3) is 5.45. The Morgan fingerprint density at radius 2 is 2.18 bits per heavy atom. The second-order valence-corrected chi connectivity index (χ2v) is 6.99. The van der Waals surface area contributed by atoms with Crippen LogP contribution in [0.3, 0.4) is 0 Å². The van der Waals surface area contributed by atoms with Crippen LogP contribution in [-0.2, 0) is 9.59 Å². The number of hydrogen-bond donors (Lipinski definition) is 3. The predicted molar refractivity (Wildman–Crippen MR) is 112 cm³/mol. The minimum Gasteiger partial charge on any atom is -0.481 e. The molecule has 0 spiro atoms. The minimum atomic E-state index is -1.14. The molecule has 0 saturated carbocycles. The molecule has 2 aliphatic heterocycles. The Hall–Kier alpha value is -1.65. The van der Waals surface area contributed by atoms with Gasteiger partial charge in [-0.15, -0.1) is 24.8 Å². The summed E-state index contributed by atoms with van der Waals surface area (Å²) in [4.78, 5) is 28.1. The Labute approximate surface area is 178 Å². The summed E-state index contributed by atoms with van der Waals surface area (Å²) in [6, 6.07) is 3.83. The zero-order valence-electron chi connectivity index (χ0n) is 14.8. The monoisotopic (exact) mass is 450 g/mol. The van der Waals surface area contributed by atoms with Gasteiger partial charge in [-0.3, -0.25) is 14.6 Å². The number of rotatable bonds is 4. The van der Waals surface area contributed by atoms with Gasteiger partial charge in [-0.2, -0.15) is 4.99 Å². The number of amidine groups is 1. The third-order valence-corrected chi connectivity index (χ3v) is 5.20. The Morgan fingerprint density at radius 3 is 2.79 bits per heavy atom. The van der Waals surface area contributed by atoms with Crippen LogP contribution in [-0.4, -0.2) is 46.8 Å². The number of halogens is 3. The van der Waals surface area contributed by atoms with Gasteiger partial charge in [0, 0.05) is 19.6 Å². The summed E-state index contributed by atoms with van der Waals surface area (Å²) in [6.07, 6.45) is 3.63. The molecule has 0 aromatic heterocycles. The van der Waals surface area contributed by atoms with Crippen molar-refractivity contribution in [2.75, 3.05) is 19.6 Å². The minimum absolute atomic E-state index is 0. The highest BCUT2D eigenvalue weighted by atomic mass is 35.5. The van der Waals surface area contributed by atoms with E-state index < -0.39 is 23.6 Å². The summed E-state index contributed by atoms with van der Waals surface area (Å²) >= 11 is 1.21. The maximum Gasteiger partial charge on any atom is 0.312 e. The molecule has 3 rings (SSSR count). The van der Waals surface area contributed by atoms with Gasteiger partial charge in [0.05, 0.1) is 10.8 Å². The fourth-order valence-corrected chi connectivity index (χ4v) is 3.76. The predicted octanol–water partition coefficient (Wildman–Crippen LogP) is 2.37. The molecule has 7 nitrogen and oxygen atoms in total. The number of hydrazine groups is 1. The van der Waals surface area contributed by atoms with Crippen molar-refractivity contribution < 1.29 is 19.1 Å². The lowest BCUT2D eigenvalue weighted by atomic mass is 9.93. The van der Waals surface area contributed by atoms with Crippen molar-refractivity contribution in [2.24, 2.45) is 10.7 Å². The van der Waals surface area contributed by atoms with E-state index >= 15 is 0 Å². The molecule has 1 aromatic carbocycles. The second-order valence-electron chi connectivity index (χ2n) is 5.98. The number of aliphatic carboxylic acids is 1. The molecule has 4 N–H and O–H groups in total. The average molecular weight is 451 g/mol. The Morgan fingerprint density at radius 1 is 1.43 bits per heavy atom. The largest absolute Gasteiger partial charge is 0.481 e. The van der Waals surface area contributed by atoms with Gasteiger partial charge in [-0.05, 0) is 53.9 Å². The molecule has 2 aliphatic rings. The standard InChI is InChI=1S/C17H19FN4O3S.2ClH/c18-11-4-3-10(12(8-11)13(9-19)16(24)25)7-14-15(23)21-17(26-14)22-6-2-1-5-20-22;;/h3-4,7-8,13,20H,1-2,5-6,9,19H2,(H,24,25);2*1H/b14-7+;;. The Kier molecular flexibility index (Phi) is 9.38. The van der Waals surface area contributed by atoms with Gasteiger partial charge in [0.15, 0.2) is 5.17 Å². The van der Waals surface area contributed by atoms with Crippen LogP contribution in [0, 0.1) is 5.82 Å². The number of carbonyl (C=O) groups is 2. The van der Waals surface area contributed by atoms with Crippen LogP contribution >= 0.6 is 36.6 Å². The SMILES string of the molecule is Cl.Cl.NCC(C(=O)O)c1cc(F)ccc1/C=C1/SC(N2CCCCN2)=NC1=O. The van der Waals surface area contributed by atoms with Crippen LogP contribution < -0.4 is 11.2 Å². The number of benzene rings is 1. The summed E-state index contributed by atoms with van der Waals surface area (Å²) in [6.45, 7) is 1.42. The van der Waals surface area contributed by atoms with E-state index in [1.165, 1.54) is 23.9 Å². The summed E-state index contributed by atoms with van der Waals surface area (Å²) in [5.41, 5.74) is 9.42. The van der Waals surface area contributed by atoms with Gasteiger partial charge in [-0.25, -0.2) is 9.82 Å². The highest BCUT2D eigenvalue weighted by Crippen LogP contribution is 2.32. The van der Waals surface area contributed by atoms with Crippen LogP contribution in [0.1, 0.15) is 29.9 Å². The molecule has 1 atom stereocenters. The summed E-state index contributed by atoms with van der Waals surface area (Å²) in [7, 11) is 0. The first-order valence-electron chi connectivity index (χ1n) is 8.25. The molecule has 11 heteroatoms. The van der Waals surface area contributed by atoms with Gasteiger partial charge in [0.2, 0.25) is 0 Å². The van der Waals surface area contributed by atoms with Crippen LogP contribution in [0.2, 0.25) is 0 Å². The number of carboxylic acid groups (broad SMARTS) is 1. The van der Waals surface area contributed by atoms with Gasteiger partial charge >= 0.3 is 5.97 Å². The van der Waals surface area contributed by atoms with E-state index in [0.717, 1.165) is 32.0 Å². The number of hydrogen-bond acceptors (Lipinski definition) is 6. The molecule has 1 fully saturated rings. The molecule has 1 saturated heterocycles. The number of thioether (sulfide) groups is 1. The highest BCUT2D eigenvalue weighted by Gasteiger charge is 2.28. The van der Waals surface area contributed by atoms with Crippen molar-refractivity contribution >= 4 is 59.7 Å². The van der Waals surface area contributed by atoms with Crippen LogP contribution in [0.4, 0.5) is 4.39 Å². The van der Waals surface area contributed by atoms with Crippen molar-refractivity contribution in [3.63, 3.8) is 0 Å². The van der Waals surface area contributed by atoms with E-state index in [4.69, 9.17) is 5.73 Å². The number of nitrogens with zero attached hydrogens (tertiary/aromatic N) is 2. The van der Waals surface area contributed by atoms with Crippen LogP contribution in [0.15, 0.2) is 28.1 Å². The summed E-state index contributed by atoms with van der Waals surface area (Å²) < 4.78 is 13.6. The number of carboxylic acids is 1. The topological polar surface area (TPSA) is 108 Å². The lowest BCUT2D eigenvalue weighted by Crippen LogP contribution is -2.45. The van der Waals surface area contributed by atoms with Crippen molar-refractivity contribution in [1.29, 1.82) is 0 Å². The van der Waals surface area contributed by atoms with E-state index in [-0.39, 0.29) is 36.9 Å². The van der Waals surface area contributed by atoms with Gasteiger partial charge < -0.3 is 10.8 Å². The highest BCUT2D eigenvalue weighted by molar-refractivity contribution is 8.18. The fraction of sp³-hybridized carbons (Fsp3) is 0.353. The van der Waals surface area contributed by atoms with Crippen LogP contribution in [0.5, 0.6) is 0 Å². The maximum absolute atomic E-state index is 13.6. The van der Waals surface area contributed by atoms with E-state index in [1.807, 2.05) is 5.01 Å².